The lowest BCUT2D eigenvalue weighted by Crippen LogP contribution is -2.06. The molecule has 0 aliphatic heterocycles. The predicted molar refractivity (Wildman–Crippen MR) is 39.5 cm³/mol. The van der Waals surface area contributed by atoms with Crippen LogP contribution in [0.2, 0.25) is 0 Å². The molecule has 0 unspecified atom stereocenters. The first-order valence-electron chi connectivity index (χ1n) is 1.49. The van der Waals surface area contributed by atoms with E-state index in [2.05, 4.69) is 0 Å². The average Bonchev–Trinajstić information content (AvgIpc) is 0.811. The molecule has 1 nitrogen and oxygen atoms in total. The highest BCUT2D eigenvalue weighted by atomic mass is 14.6. The molecule has 0 aromatic carbocycles. The summed E-state index contributed by atoms with van der Waals surface area (Å²) < 4.78 is 0. The Kier molecular flexibility index (Phi) is 67.5. The third-order valence-electron chi connectivity index (χ3n) is 0. The van der Waals surface area contributed by atoms with Crippen molar-refractivity contribution in [1.82, 2.24) is 0 Å². The third-order valence-corrected chi connectivity index (χ3v) is 0. The summed E-state index contributed by atoms with van der Waals surface area (Å²) in [6.45, 7) is 3.89. The first-order chi connectivity index (χ1) is 1.73. The van der Waals surface area contributed by atoms with Gasteiger partial charge in [0.1, 0.15) is 0 Å². The van der Waals surface area contributed by atoms with Crippen molar-refractivity contribution in [1.29, 1.82) is 0 Å². The fourth-order valence-electron chi connectivity index (χ4n) is 0. The van der Waals surface area contributed by atoms with Gasteiger partial charge in [-0.15, -0.1) is 0 Å². The quantitative estimate of drug-likeness (QED) is 0.505. The lowest BCUT2D eigenvalue weighted by Gasteiger charge is -1.81. The summed E-state index contributed by atoms with van der Waals surface area (Å²) in [5.74, 6) is 0. The van der Waals surface area contributed by atoms with Crippen LogP contribution in [-0.2, 0) is 0 Å². The molecule has 0 rings (SSSR count). The molecule has 0 radical (unpaired) electrons. The second-order valence-electron chi connectivity index (χ2n) is 1.24. The van der Waals surface area contributed by atoms with Crippen LogP contribution in [0.25, 0.3) is 0 Å². The van der Waals surface area contributed by atoms with Crippen LogP contribution in [0, 0.1) is 0 Å². The minimum Gasteiger partial charge on any atom is -0.328 e. The number of nitrogens with two attached hydrogens (primary N) is 1. The van der Waals surface area contributed by atoms with Gasteiger partial charge in [-0.2, -0.15) is 0 Å². The topological polar surface area (TPSA) is 26.0 Å². The van der Waals surface area contributed by atoms with Gasteiger partial charge in [0.15, 0.2) is 0 Å². The highest BCUT2D eigenvalue weighted by molar-refractivity contribution is 4.32. The van der Waals surface area contributed by atoms with Gasteiger partial charge < -0.3 is 5.73 Å². The molecule has 1 heteroatoms. The van der Waals surface area contributed by atoms with Crippen LogP contribution in [0.1, 0.15) is 36.1 Å². The summed E-state index contributed by atoms with van der Waals surface area (Å²) >= 11 is 0. The van der Waals surface area contributed by atoms with Crippen molar-refractivity contribution in [3.05, 3.63) is 0 Å². The van der Waals surface area contributed by atoms with Crippen LogP contribution < -0.4 is 5.73 Å². The average molecular weight is 107 g/mol. The molecule has 0 aromatic rings. The van der Waals surface area contributed by atoms with Crippen LogP contribution in [0.15, 0.2) is 0 Å². The van der Waals surface area contributed by atoms with Crippen molar-refractivity contribution in [2.75, 3.05) is 0 Å². The van der Waals surface area contributed by atoms with Gasteiger partial charge >= 0.3 is 0 Å². The summed E-state index contributed by atoms with van der Waals surface area (Å²) in [5, 5.41) is 0. The smallest absolute Gasteiger partial charge is 0.00179 e. The molecule has 0 heterocycles. The number of rotatable bonds is 0. The van der Waals surface area contributed by atoms with Crippen molar-refractivity contribution in [3.8, 4) is 0 Å². The van der Waals surface area contributed by atoms with Crippen LogP contribution >= 0.6 is 0 Å². The van der Waals surface area contributed by atoms with E-state index in [0.29, 0.717) is 6.04 Å². The van der Waals surface area contributed by atoms with E-state index in [1.807, 2.05) is 13.8 Å². The van der Waals surface area contributed by atoms with E-state index in [-0.39, 0.29) is 22.3 Å². The Bertz CT molecular complexity index is 8.90. The number of hydrogen-bond acceptors (Lipinski definition) is 1. The second-order valence-corrected chi connectivity index (χ2v) is 1.24. The lowest BCUT2D eigenvalue weighted by atomic mass is 10.5. The fourth-order valence-corrected chi connectivity index (χ4v) is 0. The molecular formula is C6H21N. The summed E-state index contributed by atoms with van der Waals surface area (Å²) in [6.07, 6.45) is 0. The van der Waals surface area contributed by atoms with Gasteiger partial charge in [0.25, 0.3) is 0 Å². The normalized spacial score (nSPS) is 5.14. The minimum atomic E-state index is 0. The highest BCUT2D eigenvalue weighted by Gasteiger charge is 1.67. The Morgan fingerprint density at radius 3 is 1.00 bits per heavy atom. The first-order valence-corrected chi connectivity index (χ1v) is 1.49. The first kappa shape index (κ1) is 28.2. The summed E-state index contributed by atoms with van der Waals surface area (Å²) in [5.41, 5.74) is 5.11. The van der Waals surface area contributed by atoms with Crippen molar-refractivity contribution in [3.63, 3.8) is 0 Å². The van der Waals surface area contributed by atoms with E-state index >= 15 is 0 Å². The molecule has 7 heavy (non-hydrogen) atoms. The molecule has 0 aromatic heterocycles. The largest absolute Gasteiger partial charge is 0.328 e. The fraction of sp³-hybridized carbons (Fsp3) is 1.00. The van der Waals surface area contributed by atoms with Gasteiger partial charge in [-0.25, -0.2) is 0 Å². The van der Waals surface area contributed by atoms with Crippen LogP contribution in [0.5, 0.6) is 0 Å². The molecular weight excluding hydrogens is 86.1 g/mol. The molecule has 0 aliphatic carbocycles. The maximum Gasteiger partial charge on any atom is -0.00179 e. The van der Waals surface area contributed by atoms with Crippen LogP contribution in [-0.4, -0.2) is 6.04 Å². The Balaban J connectivity index is -0.0000000150. The Morgan fingerprint density at radius 1 is 1.00 bits per heavy atom. The third kappa shape index (κ3) is 58400. The van der Waals surface area contributed by atoms with E-state index < -0.39 is 0 Å². The molecule has 0 bridgehead atoms. The van der Waals surface area contributed by atoms with Gasteiger partial charge in [0.05, 0.1) is 0 Å². The van der Waals surface area contributed by atoms with Crippen LogP contribution in [0.3, 0.4) is 0 Å². The Morgan fingerprint density at radius 2 is 1.00 bits per heavy atom. The zero-order valence-electron chi connectivity index (χ0n) is 3.15. The van der Waals surface area contributed by atoms with Crippen LogP contribution in [0.4, 0.5) is 0 Å². The van der Waals surface area contributed by atoms with Gasteiger partial charge in [-0.3, -0.25) is 0 Å². The lowest BCUT2D eigenvalue weighted by molar-refractivity contribution is 0.834. The number of hydrogen-bond donors (Lipinski definition) is 1. The summed E-state index contributed by atoms with van der Waals surface area (Å²) in [7, 11) is 0. The zero-order chi connectivity index (χ0) is 3.58. The minimum absolute atomic E-state index is 0. The molecule has 0 spiro atoms. The van der Waals surface area contributed by atoms with Gasteiger partial charge in [0.2, 0.25) is 0 Å². The maximum absolute atomic E-state index is 5.11. The molecule has 0 amide bonds. The summed E-state index contributed by atoms with van der Waals surface area (Å²) in [6, 6.07) is 0.333. The second kappa shape index (κ2) is 16.7. The molecule has 2 N–H and O–H groups in total. The molecule has 0 atom stereocenters. The van der Waals surface area contributed by atoms with Crippen molar-refractivity contribution in [2.24, 2.45) is 5.73 Å². The summed E-state index contributed by atoms with van der Waals surface area (Å²) in [4.78, 5) is 0. The molecule has 50 valence electrons. The van der Waals surface area contributed by atoms with Gasteiger partial charge in [-0.05, 0) is 6.04 Å². The van der Waals surface area contributed by atoms with Crippen molar-refractivity contribution in [2.45, 2.75) is 42.2 Å². The standard InChI is InChI=1S/C3H9N.3CH4/c1-3(2)4;;;/h3H,4H2,1-2H3;3*1H4. The molecule has 0 fully saturated rings. The van der Waals surface area contributed by atoms with Crippen molar-refractivity contribution < 1.29 is 0 Å². The zero-order valence-corrected chi connectivity index (χ0v) is 3.15. The Labute approximate surface area is 48.9 Å². The van der Waals surface area contributed by atoms with E-state index in [1.54, 1.807) is 0 Å². The van der Waals surface area contributed by atoms with Crippen molar-refractivity contribution >= 4 is 0 Å². The van der Waals surface area contributed by atoms with Gasteiger partial charge in [0, 0.05) is 0 Å². The highest BCUT2D eigenvalue weighted by Crippen LogP contribution is 1.58. The molecule has 0 saturated carbocycles. The Hall–Kier alpha value is -0.0400. The van der Waals surface area contributed by atoms with E-state index in [1.165, 1.54) is 0 Å². The molecule has 0 saturated heterocycles. The maximum atomic E-state index is 5.11. The van der Waals surface area contributed by atoms with Gasteiger partial charge in [-0.1, -0.05) is 36.1 Å². The van der Waals surface area contributed by atoms with E-state index in [4.69, 9.17) is 5.73 Å². The van der Waals surface area contributed by atoms with E-state index in [0.717, 1.165) is 0 Å². The monoisotopic (exact) mass is 107 g/mol. The predicted octanol–water partition coefficient (Wildman–Crippen LogP) is 2.26. The van der Waals surface area contributed by atoms with E-state index in [9.17, 15) is 0 Å². The molecule has 0 aliphatic rings. The SMILES string of the molecule is C.C.C.CC(C)N.